The predicted octanol–water partition coefficient (Wildman–Crippen LogP) is 6.49. The van der Waals surface area contributed by atoms with Crippen molar-refractivity contribution in [3.63, 3.8) is 0 Å². The van der Waals surface area contributed by atoms with E-state index >= 15 is 0 Å². The molecule has 0 unspecified atom stereocenters. The summed E-state index contributed by atoms with van der Waals surface area (Å²) in [5.74, 6) is 0.469. The van der Waals surface area contributed by atoms with Gasteiger partial charge in [-0.15, -0.1) is 0 Å². The zero-order valence-electron chi connectivity index (χ0n) is 16.6. The second kappa shape index (κ2) is 9.07. The minimum Gasteiger partial charge on any atom is -0.491 e. The van der Waals surface area contributed by atoms with E-state index < -0.39 is 5.41 Å². The first-order chi connectivity index (χ1) is 13.9. The third-order valence-electron chi connectivity index (χ3n) is 5.61. The first-order valence-electron chi connectivity index (χ1n) is 9.87. The Labute approximate surface area is 181 Å². The third kappa shape index (κ3) is 4.52. The largest absolute Gasteiger partial charge is 0.491 e. The Bertz CT molecular complexity index is 946. The molecule has 1 N–H and O–H groups in total. The van der Waals surface area contributed by atoms with E-state index in [1.54, 1.807) is 30.3 Å². The van der Waals surface area contributed by atoms with Crippen molar-refractivity contribution in [3.8, 4) is 11.8 Å². The Kier molecular flexibility index (Phi) is 6.72. The molecule has 0 heterocycles. The van der Waals surface area contributed by atoms with Crippen molar-refractivity contribution >= 4 is 34.8 Å². The molecule has 0 radical (unpaired) electrons. The number of hydrogen-bond acceptors (Lipinski definition) is 3. The number of amides is 1. The molecule has 1 fully saturated rings. The van der Waals surface area contributed by atoms with Gasteiger partial charge in [0.1, 0.15) is 11.8 Å². The van der Waals surface area contributed by atoms with Gasteiger partial charge in [0, 0.05) is 16.1 Å². The summed E-state index contributed by atoms with van der Waals surface area (Å²) < 4.78 is 5.79. The first-order valence-corrected chi connectivity index (χ1v) is 10.6. The fourth-order valence-electron chi connectivity index (χ4n) is 3.83. The van der Waals surface area contributed by atoms with Crippen molar-refractivity contribution in [3.05, 3.63) is 57.6 Å². The lowest BCUT2D eigenvalue weighted by Crippen LogP contribution is -2.38. The van der Waals surface area contributed by atoms with Crippen LogP contribution >= 0.6 is 23.2 Å². The highest BCUT2D eigenvalue weighted by molar-refractivity contribution is 6.35. The predicted molar refractivity (Wildman–Crippen MR) is 117 cm³/mol. The van der Waals surface area contributed by atoms with Crippen molar-refractivity contribution in [2.24, 2.45) is 0 Å². The fourth-order valence-corrected chi connectivity index (χ4v) is 4.42. The zero-order valence-corrected chi connectivity index (χ0v) is 18.1. The Morgan fingerprint density at radius 3 is 2.59 bits per heavy atom. The van der Waals surface area contributed by atoms with Crippen LogP contribution in [-0.2, 0) is 10.2 Å². The van der Waals surface area contributed by atoms with E-state index in [0.717, 1.165) is 24.8 Å². The molecule has 2 aromatic carbocycles. The highest BCUT2D eigenvalue weighted by Crippen LogP contribution is 2.45. The van der Waals surface area contributed by atoms with Crippen molar-refractivity contribution in [1.29, 1.82) is 5.26 Å². The molecule has 4 nitrogen and oxygen atoms in total. The SMILES string of the molecule is CC[C@H](C)Oc1ccc(NC(=O)C2(c3ccc(Cl)cc3Cl)CCCC2)c(C#N)c1. The van der Waals surface area contributed by atoms with E-state index in [0.29, 0.717) is 39.9 Å². The van der Waals surface area contributed by atoms with E-state index in [4.69, 9.17) is 27.9 Å². The number of halogens is 2. The molecule has 0 aliphatic heterocycles. The van der Waals surface area contributed by atoms with E-state index in [1.807, 2.05) is 19.9 Å². The van der Waals surface area contributed by atoms with Gasteiger partial charge in [0.25, 0.3) is 0 Å². The molecule has 3 rings (SSSR count). The van der Waals surface area contributed by atoms with E-state index in [1.165, 1.54) is 0 Å². The number of rotatable bonds is 6. The van der Waals surface area contributed by atoms with Gasteiger partial charge >= 0.3 is 0 Å². The van der Waals surface area contributed by atoms with Crippen molar-refractivity contribution in [1.82, 2.24) is 0 Å². The average Bonchev–Trinajstić information content (AvgIpc) is 3.19. The van der Waals surface area contributed by atoms with Crippen LogP contribution < -0.4 is 10.1 Å². The number of carbonyl (C=O) groups is 1. The Morgan fingerprint density at radius 1 is 1.24 bits per heavy atom. The number of nitriles is 1. The number of benzene rings is 2. The second-order valence-electron chi connectivity index (χ2n) is 7.52. The molecule has 6 heteroatoms. The van der Waals surface area contributed by atoms with E-state index in [2.05, 4.69) is 11.4 Å². The van der Waals surface area contributed by atoms with Gasteiger partial charge in [-0.2, -0.15) is 5.26 Å². The lowest BCUT2D eigenvalue weighted by atomic mass is 9.77. The number of nitrogens with zero attached hydrogens (tertiary/aromatic N) is 1. The van der Waals surface area contributed by atoms with Crippen LogP contribution in [0.3, 0.4) is 0 Å². The number of anilines is 1. The van der Waals surface area contributed by atoms with E-state index in [-0.39, 0.29) is 12.0 Å². The molecule has 1 aliphatic carbocycles. The van der Waals surface area contributed by atoms with Gasteiger partial charge in [-0.05, 0) is 56.0 Å². The average molecular weight is 431 g/mol. The van der Waals surface area contributed by atoms with Crippen LogP contribution in [0.4, 0.5) is 5.69 Å². The maximum Gasteiger partial charge on any atom is 0.235 e. The maximum absolute atomic E-state index is 13.4. The van der Waals surface area contributed by atoms with Crippen LogP contribution in [0.25, 0.3) is 0 Å². The number of carbonyl (C=O) groups excluding carboxylic acids is 1. The molecule has 29 heavy (non-hydrogen) atoms. The van der Waals surface area contributed by atoms with Crippen LogP contribution in [0.2, 0.25) is 10.0 Å². The zero-order chi connectivity index (χ0) is 21.0. The topological polar surface area (TPSA) is 62.1 Å². The minimum absolute atomic E-state index is 0.0517. The smallest absolute Gasteiger partial charge is 0.235 e. The monoisotopic (exact) mass is 430 g/mol. The molecule has 1 amide bonds. The summed E-state index contributed by atoms with van der Waals surface area (Å²) in [5.41, 5.74) is 0.911. The standard InChI is InChI=1S/C23H24Cl2N2O2/c1-3-15(2)29-18-7-9-21(16(12-18)14-26)27-22(28)23(10-4-5-11-23)19-8-6-17(24)13-20(19)25/h6-9,12-13,15H,3-5,10-11H2,1-2H3,(H,27,28)/t15-/m0/s1. The molecular weight excluding hydrogens is 407 g/mol. The van der Waals surface area contributed by atoms with Crippen LogP contribution in [0.1, 0.15) is 57.1 Å². The lowest BCUT2D eigenvalue weighted by molar-refractivity contribution is -0.121. The number of ether oxygens (including phenoxy) is 1. The van der Waals surface area contributed by atoms with Crippen LogP contribution in [0.5, 0.6) is 5.75 Å². The Balaban J connectivity index is 1.90. The number of nitrogens with one attached hydrogen (secondary N) is 1. The molecule has 2 aromatic rings. The summed E-state index contributed by atoms with van der Waals surface area (Å²) in [7, 11) is 0. The minimum atomic E-state index is -0.722. The summed E-state index contributed by atoms with van der Waals surface area (Å²) in [4.78, 5) is 13.4. The fraction of sp³-hybridized carbons (Fsp3) is 0.391. The Morgan fingerprint density at radius 2 is 1.97 bits per heavy atom. The Hall–Kier alpha value is -2.22. The summed E-state index contributed by atoms with van der Waals surface area (Å²) in [6.45, 7) is 4.01. The molecule has 1 atom stereocenters. The van der Waals surface area contributed by atoms with Crippen LogP contribution in [-0.4, -0.2) is 12.0 Å². The highest BCUT2D eigenvalue weighted by Gasteiger charge is 2.44. The van der Waals surface area contributed by atoms with Gasteiger partial charge in [-0.3, -0.25) is 4.79 Å². The molecule has 0 aromatic heterocycles. The van der Waals surface area contributed by atoms with Gasteiger partial charge in [0.15, 0.2) is 0 Å². The van der Waals surface area contributed by atoms with Crippen molar-refractivity contribution < 1.29 is 9.53 Å². The number of hydrogen-bond donors (Lipinski definition) is 1. The van der Waals surface area contributed by atoms with Gasteiger partial charge in [0.2, 0.25) is 5.91 Å². The molecule has 0 bridgehead atoms. The normalized spacial score (nSPS) is 16.1. The molecule has 1 aliphatic rings. The first kappa shape index (κ1) is 21.5. The summed E-state index contributed by atoms with van der Waals surface area (Å²) in [6, 6.07) is 12.6. The molecule has 0 spiro atoms. The third-order valence-corrected chi connectivity index (χ3v) is 6.16. The van der Waals surface area contributed by atoms with Crippen molar-refractivity contribution in [2.45, 2.75) is 57.5 Å². The highest BCUT2D eigenvalue weighted by atomic mass is 35.5. The summed E-state index contributed by atoms with van der Waals surface area (Å²) >= 11 is 12.5. The molecule has 0 saturated heterocycles. The quantitative estimate of drug-likeness (QED) is 0.568. The maximum atomic E-state index is 13.4. The van der Waals surface area contributed by atoms with Crippen LogP contribution in [0.15, 0.2) is 36.4 Å². The van der Waals surface area contributed by atoms with Gasteiger partial charge in [0.05, 0.1) is 22.8 Å². The molecule has 152 valence electrons. The van der Waals surface area contributed by atoms with Gasteiger partial charge in [-0.1, -0.05) is 49.0 Å². The van der Waals surface area contributed by atoms with Gasteiger partial charge < -0.3 is 10.1 Å². The van der Waals surface area contributed by atoms with E-state index in [9.17, 15) is 10.1 Å². The summed E-state index contributed by atoms with van der Waals surface area (Å²) in [6.07, 6.45) is 4.22. The van der Waals surface area contributed by atoms with Crippen molar-refractivity contribution in [2.75, 3.05) is 5.32 Å². The van der Waals surface area contributed by atoms with Gasteiger partial charge in [-0.25, -0.2) is 0 Å². The molecule has 1 saturated carbocycles. The second-order valence-corrected chi connectivity index (χ2v) is 8.37. The summed E-state index contributed by atoms with van der Waals surface area (Å²) in [5, 5.41) is 13.6. The lowest BCUT2D eigenvalue weighted by Gasteiger charge is -2.29. The molecular formula is C23H24Cl2N2O2. The van der Waals surface area contributed by atoms with Crippen LogP contribution in [0, 0.1) is 11.3 Å².